The highest BCUT2D eigenvalue weighted by molar-refractivity contribution is 6.33. The summed E-state index contributed by atoms with van der Waals surface area (Å²) < 4.78 is 0. The van der Waals surface area contributed by atoms with Gasteiger partial charge in [-0.25, -0.2) is 0 Å². The van der Waals surface area contributed by atoms with Crippen LogP contribution in [0.1, 0.15) is 5.56 Å². The van der Waals surface area contributed by atoms with Gasteiger partial charge in [0.1, 0.15) is 5.84 Å². The molecule has 0 bridgehead atoms. The van der Waals surface area contributed by atoms with Gasteiger partial charge in [-0.05, 0) is 6.07 Å². The van der Waals surface area contributed by atoms with Gasteiger partial charge in [-0.3, -0.25) is 10.4 Å². The molecule has 3 N–H and O–H groups in total. The van der Waals surface area contributed by atoms with Gasteiger partial charge in [0.15, 0.2) is 0 Å². The molecule has 0 aromatic carbocycles. The molecule has 0 amide bonds. The van der Waals surface area contributed by atoms with Crippen LogP contribution in [0.25, 0.3) is 0 Å². The third-order valence-corrected chi connectivity index (χ3v) is 1.39. The van der Waals surface area contributed by atoms with E-state index in [2.05, 4.69) is 4.98 Å². The molecule has 0 unspecified atom stereocenters. The largest absolute Gasteiger partial charge is 0.384 e. The molecule has 0 aliphatic heterocycles. The van der Waals surface area contributed by atoms with Crippen LogP contribution in [0.5, 0.6) is 0 Å². The average Bonchev–Trinajstić information content (AvgIpc) is 1.88. The van der Waals surface area contributed by atoms with Crippen LogP contribution in [0.4, 0.5) is 0 Å². The van der Waals surface area contributed by atoms with Gasteiger partial charge in [-0.1, -0.05) is 11.6 Å². The number of halogens is 1. The Bertz CT molecular complexity index is 259. The van der Waals surface area contributed by atoms with Crippen molar-refractivity contribution in [3.63, 3.8) is 0 Å². The number of hydrogen-bond acceptors (Lipinski definition) is 2. The minimum atomic E-state index is -0.0573. The minimum Gasteiger partial charge on any atom is -0.384 e. The van der Waals surface area contributed by atoms with Crippen molar-refractivity contribution >= 4 is 17.4 Å². The first-order chi connectivity index (χ1) is 4.72. The highest BCUT2D eigenvalue weighted by Gasteiger charge is 2.00. The molecule has 0 radical (unpaired) electrons. The van der Waals surface area contributed by atoms with E-state index in [0.717, 1.165) is 0 Å². The van der Waals surface area contributed by atoms with E-state index in [1.807, 2.05) is 0 Å². The molecule has 1 heterocycles. The fourth-order valence-corrected chi connectivity index (χ4v) is 0.783. The SMILES string of the molecule is N=C(N)c1cnccc1Cl. The average molecular weight is 156 g/mol. The molecule has 1 aromatic rings. The van der Waals surface area contributed by atoms with Gasteiger partial charge in [0.05, 0.1) is 10.6 Å². The molecular formula is C6H6ClN3. The molecule has 0 saturated carbocycles. The predicted octanol–water partition coefficient (Wildman–Crippen LogP) is 1.02. The van der Waals surface area contributed by atoms with Crippen molar-refractivity contribution in [3.05, 3.63) is 29.0 Å². The maximum Gasteiger partial charge on any atom is 0.125 e. The summed E-state index contributed by atoms with van der Waals surface area (Å²) in [5, 5.41) is 7.49. The topological polar surface area (TPSA) is 62.8 Å². The van der Waals surface area contributed by atoms with Crippen LogP contribution in [-0.2, 0) is 0 Å². The molecule has 0 atom stereocenters. The number of aromatic nitrogens is 1. The summed E-state index contributed by atoms with van der Waals surface area (Å²) in [6.07, 6.45) is 3.01. The van der Waals surface area contributed by atoms with Gasteiger partial charge < -0.3 is 5.73 Å². The van der Waals surface area contributed by atoms with Gasteiger partial charge in [0, 0.05) is 12.4 Å². The molecule has 1 aromatic heterocycles. The summed E-state index contributed by atoms with van der Waals surface area (Å²) in [4.78, 5) is 3.76. The lowest BCUT2D eigenvalue weighted by Crippen LogP contribution is -2.11. The highest BCUT2D eigenvalue weighted by Crippen LogP contribution is 2.11. The number of amidine groups is 1. The fraction of sp³-hybridized carbons (Fsp3) is 0. The standard InChI is InChI=1S/C6H6ClN3/c7-5-1-2-10-3-4(5)6(8)9/h1-3H,(H3,8,9). The number of rotatable bonds is 1. The van der Waals surface area contributed by atoms with E-state index in [1.165, 1.54) is 6.20 Å². The third-order valence-electron chi connectivity index (χ3n) is 1.06. The Kier molecular flexibility index (Phi) is 1.87. The third kappa shape index (κ3) is 1.25. The zero-order chi connectivity index (χ0) is 7.56. The minimum absolute atomic E-state index is 0.0573. The first kappa shape index (κ1) is 7.02. The summed E-state index contributed by atoms with van der Waals surface area (Å²) in [5.74, 6) is -0.0573. The Labute approximate surface area is 63.3 Å². The number of hydrogen-bond donors (Lipinski definition) is 2. The van der Waals surface area contributed by atoms with Crippen LogP contribution < -0.4 is 5.73 Å². The Morgan fingerprint density at radius 3 is 2.80 bits per heavy atom. The van der Waals surface area contributed by atoms with Crippen LogP contribution in [0.15, 0.2) is 18.5 Å². The monoisotopic (exact) mass is 155 g/mol. The van der Waals surface area contributed by atoms with Crippen molar-refractivity contribution in [3.8, 4) is 0 Å². The molecule has 10 heavy (non-hydrogen) atoms. The van der Waals surface area contributed by atoms with Crippen molar-refractivity contribution < 1.29 is 0 Å². The van der Waals surface area contributed by atoms with Crippen LogP contribution >= 0.6 is 11.6 Å². The lowest BCUT2D eigenvalue weighted by molar-refractivity contribution is 1.30. The Balaban J connectivity index is 3.15. The Morgan fingerprint density at radius 1 is 1.70 bits per heavy atom. The number of nitrogens with two attached hydrogens (primary N) is 1. The second kappa shape index (κ2) is 2.66. The quantitative estimate of drug-likeness (QED) is 0.470. The maximum absolute atomic E-state index is 7.03. The molecule has 1 rings (SSSR count). The number of nitrogens with one attached hydrogen (secondary N) is 1. The highest BCUT2D eigenvalue weighted by atomic mass is 35.5. The van der Waals surface area contributed by atoms with Crippen LogP contribution in [0, 0.1) is 5.41 Å². The van der Waals surface area contributed by atoms with Crippen molar-refractivity contribution in [1.29, 1.82) is 5.41 Å². The van der Waals surface area contributed by atoms with E-state index >= 15 is 0 Å². The first-order valence-corrected chi connectivity index (χ1v) is 3.03. The zero-order valence-electron chi connectivity index (χ0n) is 5.13. The second-order valence-electron chi connectivity index (χ2n) is 1.77. The van der Waals surface area contributed by atoms with Gasteiger partial charge in [0.25, 0.3) is 0 Å². The number of pyridine rings is 1. The molecule has 0 fully saturated rings. The van der Waals surface area contributed by atoms with E-state index in [1.54, 1.807) is 12.3 Å². The smallest absolute Gasteiger partial charge is 0.125 e. The van der Waals surface area contributed by atoms with E-state index in [9.17, 15) is 0 Å². The van der Waals surface area contributed by atoms with E-state index in [4.69, 9.17) is 22.7 Å². The van der Waals surface area contributed by atoms with E-state index in [0.29, 0.717) is 10.6 Å². The predicted molar refractivity (Wildman–Crippen MR) is 40.3 cm³/mol. The van der Waals surface area contributed by atoms with Crippen LogP contribution in [-0.4, -0.2) is 10.8 Å². The molecular weight excluding hydrogens is 150 g/mol. The van der Waals surface area contributed by atoms with E-state index < -0.39 is 0 Å². The van der Waals surface area contributed by atoms with Crippen molar-refractivity contribution in [2.75, 3.05) is 0 Å². The van der Waals surface area contributed by atoms with Crippen molar-refractivity contribution in [1.82, 2.24) is 4.98 Å². The zero-order valence-corrected chi connectivity index (χ0v) is 5.89. The maximum atomic E-state index is 7.03. The molecule has 0 saturated heterocycles. The van der Waals surface area contributed by atoms with Gasteiger partial charge in [-0.2, -0.15) is 0 Å². The molecule has 4 heteroatoms. The number of nitrogens with zero attached hydrogens (tertiary/aromatic N) is 1. The normalized spacial score (nSPS) is 9.30. The van der Waals surface area contributed by atoms with Gasteiger partial charge in [0.2, 0.25) is 0 Å². The summed E-state index contributed by atoms with van der Waals surface area (Å²) in [6.45, 7) is 0. The molecule has 0 aliphatic rings. The lowest BCUT2D eigenvalue weighted by Gasteiger charge is -1.97. The summed E-state index contributed by atoms with van der Waals surface area (Å²) in [6, 6.07) is 1.60. The summed E-state index contributed by atoms with van der Waals surface area (Å²) in [7, 11) is 0. The molecule has 0 aliphatic carbocycles. The number of nitrogen functional groups attached to an aromatic ring is 1. The fourth-order valence-electron chi connectivity index (χ4n) is 0.576. The molecule has 52 valence electrons. The summed E-state index contributed by atoms with van der Waals surface area (Å²) >= 11 is 5.66. The second-order valence-corrected chi connectivity index (χ2v) is 2.18. The van der Waals surface area contributed by atoms with Crippen LogP contribution in [0.3, 0.4) is 0 Å². The van der Waals surface area contributed by atoms with Crippen molar-refractivity contribution in [2.45, 2.75) is 0 Å². The molecule has 3 nitrogen and oxygen atoms in total. The van der Waals surface area contributed by atoms with E-state index in [-0.39, 0.29) is 5.84 Å². The summed E-state index contributed by atoms with van der Waals surface area (Å²) in [5.41, 5.74) is 5.65. The van der Waals surface area contributed by atoms with Gasteiger partial charge in [-0.15, -0.1) is 0 Å². The Hall–Kier alpha value is -1.09. The van der Waals surface area contributed by atoms with Crippen LogP contribution in [0.2, 0.25) is 5.02 Å². The first-order valence-electron chi connectivity index (χ1n) is 2.65. The lowest BCUT2D eigenvalue weighted by atomic mass is 10.3. The molecule has 0 spiro atoms. The van der Waals surface area contributed by atoms with Crippen molar-refractivity contribution in [2.24, 2.45) is 5.73 Å². The Morgan fingerprint density at radius 2 is 2.40 bits per heavy atom. The van der Waals surface area contributed by atoms with Gasteiger partial charge >= 0.3 is 0 Å².